The van der Waals surface area contributed by atoms with Gasteiger partial charge in [0.15, 0.2) is 0 Å². The molecule has 0 aliphatic rings. The normalized spacial score (nSPS) is 10.6. The molecule has 0 amide bonds. The summed E-state index contributed by atoms with van der Waals surface area (Å²) >= 11 is 0. The number of hydrogen-bond donors (Lipinski definition) is 1. The Hall–Kier alpha value is -2.82. The average Bonchev–Trinajstić information content (AvgIpc) is 2.78. The minimum absolute atomic E-state index is 0.125. The van der Waals surface area contributed by atoms with Crippen LogP contribution in [0.15, 0.2) is 48.5 Å². The van der Waals surface area contributed by atoms with Crippen LogP contribution in [0.4, 0.5) is 0 Å². The Bertz CT molecular complexity index is 780. The van der Waals surface area contributed by atoms with Crippen molar-refractivity contribution in [3.05, 3.63) is 59.7 Å². The highest BCUT2D eigenvalue weighted by molar-refractivity contribution is 5.93. The maximum atomic E-state index is 12.2. The van der Waals surface area contributed by atoms with Crippen molar-refractivity contribution in [2.24, 2.45) is 0 Å². The zero-order valence-corrected chi connectivity index (χ0v) is 18.5. The van der Waals surface area contributed by atoms with Crippen molar-refractivity contribution in [2.75, 3.05) is 6.61 Å². The van der Waals surface area contributed by atoms with Crippen molar-refractivity contribution < 1.29 is 24.2 Å². The molecular weight excluding hydrogens is 392 g/mol. The van der Waals surface area contributed by atoms with Gasteiger partial charge in [-0.2, -0.15) is 0 Å². The van der Waals surface area contributed by atoms with Gasteiger partial charge in [-0.1, -0.05) is 64.7 Å². The summed E-state index contributed by atoms with van der Waals surface area (Å²) in [4.78, 5) is 23.0. The number of carboxylic acids is 1. The second-order valence-electron chi connectivity index (χ2n) is 7.77. The minimum Gasteiger partial charge on any atom is -0.494 e. The summed E-state index contributed by atoms with van der Waals surface area (Å²) in [7, 11) is 0. The van der Waals surface area contributed by atoms with E-state index in [-0.39, 0.29) is 5.56 Å². The summed E-state index contributed by atoms with van der Waals surface area (Å²) in [6, 6.07) is 12.6. The Morgan fingerprint density at radius 2 is 1.16 bits per heavy atom. The molecule has 31 heavy (non-hydrogen) atoms. The van der Waals surface area contributed by atoms with Crippen LogP contribution in [0.5, 0.6) is 11.5 Å². The molecular formula is C26H34O5. The molecule has 2 rings (SSSR count). The highest BCUT2D eigenvalue weighted by Gasteiger charge is 2.10. The molecule has 0 bridgehead atoms. The van der Waals surface area contributed by atoms with Crippen LogP contribution in [0.25, 0.3) is 0 Å². The summed E-state index contributed by atoms with van der Waals surface area (Å²) in [5, 5.41) is 8.91. The lowest BCUT2D eigenvalue weighted by Gasteiger charge is -2.08. The van der Waals surface area contributed by atoms with Gasteiger partial charge in [-0.25, -0.2) is 9.59 Å². The van der Waals surface area contributed by atoms with Gasteiger partial charge in [0, 0.05) is 0 Å². The fourth-order valence-electron chi connectivity index (χ4n) is 3.30. The van der Waals surface area contributed by atoms with Crippen molar-refractivity contribution in [3.8, 4) is 11.5 Å². The van der Waals surface area contributed by atoms with Crippen LogP contribution in [-0.2, 0) is 0 Å². The Morgan fingerprint density at radius 1 is 0.677 bits per heavy atom. The zero-order chi connectivity index (χ0) is 22.3. The fourth-order valence-corrected chi connectivity index (χ4v) is 3.30. The third-order valence-electron chi connectivity index (χ3n) is 5.17. The number of carboxylic acid groups (broad SMARTS) is 1. The van der Waals surface area contributed by atoms with E-state index in [1.165, 1.54) is 82.1 Å². The van der Waals surface area contributed by atoms with E-state index in [4.69, 9.17) is 14.6 Å². The van der Waals surface area contributed by atoms with Crippen LogP contribution < -0.4 is 9.47 Å². The zero-order valence-electron chi connectivity index (χ0n) is 18.5. The first-order valence-corrected chi connectivity index (χ1v) is 11.4. The molecule has 0 saturated heterocycles. The molecule has 0 radical (unpaired) electrons. The number of rotatable bonds is 15. The number of hydrogen-bond acceptors (Lipinski definition) is 4. The van der Waals surface area contributed by atoms with Gasteiger partial charge in [-0.15, -0.1) is 0 Å². The first-order chi connectivity index (χ1) is 15.1. The fraction of sp³-hybridized carbons (Fsp3) is 0.462. The molecule has 2 aromatic carbocycles. The number of unbranched alkanes of at least 4 members (excludes halogenated alkanes) is 9. The van der Waals surface area contributed by atoms with Crippen LogP contribution >= 0.6 is 0 Å². The number of benzene rings is 2. The van der Waals surface area contributed by atoms with E-state index in [0.29, 0.717) is 17.9 Å². The van der Waals surface area contributed by atoms with Crippen LogP contribution in [0.3, 0.4) is 0 Å². The quantitative estimate of drug-likeness (QED) is 0.190. The van der Waals surface area contributed by atoms with Gasteiger partial charge in [0.2, 0.25) is 0 Å². The van der Waals surface area contributed by atoms with Crippen LogP contribution in [0.1, 0.15) is 91.8 Å². The third-order valence-corrected chi connectivity index (χ3v) is 5.17. The van der Waals surface area contributed by atoms with Crippen molar-refractivity contribution in [1.29, 1.82) is 0 Å². The number of carbonyl (C=O) groups excluding carboxylic acids is 1. The Kier molecular flexibility index (Phi) is 11.2. The van der Waals surface area contributed by atoms with E-state index in [2.05, 4.69) is 6.92 Å². The monoisotopic (exact) mass is 426 g/mol. The van der Waals surface area contributed by atoms with E-state index < -0.39 is 11.9 Å². The van der Waals surface area contributed by atoms with E-state index in [1.807, 2.05) is 0 Å². The molecule has 5 nitrogen and oxygen atoms in total. The Labute approximate surface area is 185 Å². The predicted octanol–water partition coefficient (Wildman–Crippen LogP) is 6.90. The average molecular weight is 427 g/mol. The van der Waals surface area contributed by atoms with E-state index >= 15 is 0 Å². The SMILES string of the molecule is CCCCCCCCCCCCOc1ccc(OC(=O)c2ccc(C(=O)O)cc2)cc1. The number of aromatic carboxylic acids is 1. The molecule has 2 aromatic rings. The molecule has 0 aliphatic heterocycles. The predicted molar refractivity (Wildman–Crippen MR) is 122 cm³/mol. The van der Waals surface area contributed by atoms with E-state index in [9.17, 15) is 9.59 Å². The van der Waals surface area contributed by atoms with Crippen LogP contribution in [0, 0.1) is 0 Å². The molecule has 1 N–H and O–H groups in total. The maximum Gasteiger partial charge on any atom is 0.343 e. The second-order valence-corrected chi connectivity index (χ2v) is 7.77. The van der Waals surface area contributed by atoms with Gasteiger partial charge < -0.3 is 14.6 Å². The molecule has 0 heterocycles. The smallest absolute Gasteiger partial charge is 0.343 e. The van der Waals surface area contributed by atoms with Gasteiger partial charge >= 0.3 is 11.9 Å². The summed E-state index contributed by atoms with van der Waals surface area (Å²) in [6.45, 7) is 2.93. The van der Waals surface area contributed by atoms with Gasteiger partial charge in [0.05, 0.1) is 17.7 Å². The summed E-state index contributed by atoms with van der Waals surface area (Å²) in [5.74, 6) is -0.399. The lowest BCUT2D eigenvalue weighted by Crippen LogP contribution is -2.09. The van der Waals surface area contributed by atoms with E-state index in [0.717, 1.165) is 12.2 Å². The summed E-state index contributed by atoms with van der Waals surface area (Å²) < 4.78 is 11.1. The first kappa shape index (κ1) is 24.4. The highest BCUT2D eigenvalue weighted by Crippen LogP contribution is 2.19. The molecule has 0 spiro atoms. The largest absolute Gasteiger partial charge is 0.494 e. The van der Waals surface area contributed by atoms with Gasteiger partial charge in [-0.05, 0) is 55.0 Å². The summed E-state index contributed by atoms with van der Waals surface area (Å²) in [5.41, 5.74) is 0.423. The van der Waals surface area contributed by atoms with Crippen molar-refractivity contribution in [1.82, 2.24) is 0 Å². The van der Waals surface area contributed by atoms with Gasteiger partial charge in [-0.3, -0.25) is 0 Å². The molecule has 0 saturated carbocycles. The Balaban J connectivity index is 1.60. The molecule has 0 aromatic heterocycles. The van der Waals surface area contributed by atoms with Crippen LogP contribution in [0.2, 0.25) is 0 Å². The topological polar surface area (TPSA) is 72.8 Å². The number of carbonyl (C=O) groups is 2. The number of ether oxygens (including phenoxy) is 2. The third kappa shape index (κ3) is 9.69. The van der Waals surface area contributed by atoms with Crippen LogP contribution in [-0.4, -0.2) is 23.7 Å². The molecule has 0 unspecified atom stereocenters. The highest BCUT2D eigenvalue weighted by atomic mass is 16.5. The minimum atomic E-state index is -1.03. The second kappa shape index (κ2) is 14.2. The molecule has 168 valence electrons. The molecule has 0 atom stereocenters. The molecule has 0 fully saturated rings. The Morgan fingerprint density at radius 3 is 1.71 bits per heavy atom. The summed E-state index contributed by atoms with van der Waals surface area (Å²) in [6.07, 6.45) is 12.9. The van der Waals surface area contributed by atoms with Crippen molar-refractivity contribution in [3.63, 3.8) is 0 Å². The number of esters is 1. The molecule has 0 aliphatic carbocycles. The van der Waals surface area contributed by atoms with Gasteiger partial charge in [0.25, 0.3) is 0 Å². The molecule has 5 heteroatoms. The standard InChI is InChI=1S/C26H34O5/c1-2-3-4-5-6-7-8-9-10-11-20-30-23-16-18-24(19-17-23)31-26(29)22-14-12-21(13-15-22)25(27)28/h12-19H,2-11,20H2,1H3,(H,27,28). The van der Waals surface area contributed by atoms with Crippen molar-refractivity contribution >= 4 is 11.9 Å². The van der Waals surface area contributed by atoms with E-state index in [1.54, 1.807) is 24.3 Å². The lowest BCUT2D eigenvalue weighted by molar-refractivity contribution is 0.0691. The van der Waals surface area contributed by atoms with Crippen molar-refractivity contribution in [2.45, 2.75) is 71.1 Å². The van der Waals surface area contributed by atoms with Gasteiger partial charge in [0.1, 0.15) is 11.5 Å². The lowest BCUT2D eigenvalue weighted by atomic mass is 10.1. The first-order valence-electron chi connectivity index (χ1n) is 11.4. The maximum absolute atomic E-state index is 12.2.